The maximum atomic E-state index is 11.8. The summed E-state index contributed by atoms with van der Waals surface area (Å²) in [5.41, 5.74) is 1.57. The molecule has 9 heteroatoms. The van der Waals surface area contributed by atoms with E-state index in [2.05, 4.69) is 0 Å². The van der Waals surface area contributed by atoms with Crippen LogP contribution < -0.4 is 9.47 Å². The van der Waals surface area contributed by atoms with Crippen molar-refractivity contribution >= 4 is 75.8 Å². The van der Waals surface area contributed by atoms with Crippen molar-refractivity contribution < 1.29 is 14.3 Å². The fourth-order valence-corrected chi connectivity index (χ4v) is 2.95. The molecule has 3 nitrogen and oxygen atoms in total. The molecule has 0 aliphatic carbocycles. The highest BCUT2D eigenvalue weighted by Crippen LogP contribution is 2.31. The van der Waals surface area contributed by atoms with Gasteiger partial charge >= 0.3 is 6.16 Å². The van der Waals surface area contributed by atoms with E-state index in [0.717, 1.165) is 11.1 Å². The summed E-state index contributed by atoms with van der Waals surface area (Å²) < 4.78 is 7.41. The van der Waals surface area contributed by atoms with E-state index < -0.39 is 13.7 Å². The van der Waals surface area contributed by atoms with Crippen molar-refractivity contribution in [1.29, 1.82) is 0 Å². The van der Waals surface area contributed by atoms with Crippen LogP contribution in [0.1, 0.15) is 11.1 Å². The number of carbonyl (C=O) groups excluding carboxylic acids is 1. The van der Waals surface area contributed by atoms with Crippen molar-refractivity contribution in [1.82, 2.24) is 0 Å². The van der Waals surface area contributed by atoms with Crippen LogP contribution in [0.4, 0.5) is 4.79 Å². The first-order chi connectivity index (χ1) is 12.0. The third kappa shape index (κ3) is 8.43. The van der Waals surface area contributed by atoms with Gasteiger partial charge in [0, 0.05) is 12.8 Å². The molecule has 2 rings (SSSR count). The third-order valence-electron chi connectivity index (χ3n) is 3.06. The molecule has 0 aliphatic rings. The van der Waals surface area contributed by atoms with Crippen LogP contribution in [0.5, 0.6) is 11.5 Å². The fraction of sp³-hybridized carbons (Fsp3) is 0.235. The van der Waals surface area contributed by atoms with Crippen LogP contribution >= 0.6 is 69.6 Å². The summed E-state index contributed by atoms with van der Waals surface area (Å²) in [6.07, 6.45) is -0.403. The highest BCUT2D eigenvalue weighted by molar-refractivity contribution is 6.68. The summed E-state index contributed by atoms with van der Waals surface area (Å²) in [6, 6.07) is 13.1. The average molecular weight is 477 g/mol. The quantitative estimate of drug-likeness (QED) is 0.268. The Labute approximate surface area is 181 Å². The number of benzene rings is 2. The summed E-state index contributed by atoms with van der Waals surface area (Å²) in [7, 11) is 0. The van der Waals surface area contributed by atoms with Crippen LogP contribution in [0.15, 0.2) is 48.5 Å². The Hall–Kier alpha value is -0.550. The average Bonchev–Trinajstić information content (AvgIpc) is 2.48. The summed E-state index contributed by atoms with van der Waals surface area (Å²) in [6.45, 7) is 0. The van der Waals surface area contributed by atoms with Gasteiger partial charge in [-0.3, -0.25) is 0 Å². The zero-order valence-electron chi connectivity index (χ0n) is 13.0. The number of alkyl halides is 6. The topological polar surface area (TPSA) is 35.5 Å². The fourth-order valence-electron chi connectivity index (χ4n) is 2.03. The zero-order chi connectivity index (χ0) is 19.4. The van der Waals surface area contributed by atoms with Gasteiger partial charge in [-0.15, -0.1) is 0 Å². The smallest absolute Gasteiger partial charge is 0.395 e. The van der Waals surface area contributed by atoms with Crippen LogP contribution in [0.2, 0.25) is 0 Å². The van der Waals surface area contributed by atoms with Crippen molar-refractivity contribution in [2.24, 2.45) is 0 Å². The Morgan fingerprint density at radius 3 is 1.23 bits per heavy atom. The lowest BCUT2D eigenvalue weighted by Gasteiger charge is -2.12. The molecular weight excluding hydrogens is 465 g/mol. The van der Waals surface area contributed by atoms with E-state index in [-0.39, 0.29) is 12.8 Å². The van der Waals surface area contributed by atoms with Crippen molar-refractivity contribution in [3.8, 4) is 11.5 Å². The van der Waals surface area contributed by atoms with E-state index in [9.17, 15) is 4.79 Å². The first-order valence-electron chi connectivity index (χ1n) is 7.21. The van der Waals surface area contributed by atoms with Crippen LogP contribution in [0, 0.1) is 0 Å². The predicted octanol–water partition coefficient (Wildman–Crippen LogP) is 7.09. The van der Waals surface area contributed by atoms with Crippen LogP contribution in [-0.4, -0.2) is 13.7 Å². The molecule has 140 valence electrons. The van der Waals surface area contributed by atoms with E-state index >= 15 is 0 Å². The highest BCUT2D eigenvalue weighted by atomic mass is 35.6. The predicted molar refractivity (Wildman–Crippen MR) is 108 cm³/mol. The van der Waals surface area contributed by atoms with Crippen molar-refractivity contribution in [3.05, 3.63) is 59.7 Å². The van der Waals surface area contributed by atoms with Gasteiger partial charge in [0.2, 0.25) is 0 Å². The molecule has 0 unspecified atom stereocenters. The van der Waals surface area contributed by atoms with Gasteiger partial charge in [0.15, 0.2) is 7.59 Å². The van der Waals surface area contributed by atoms with Crippen LogP contribution in [0.3, 0.4) is 0 Å². The molecule has 0 spiro atoms. The normalized spacial score (nSPS) is 11.9. The van der Waals surface area contributed by atoms with Crippen LogP contribution in [0.25, 0.3) is 0 Å². The van der Waals surface area contributed by atoms with Crippen molar-refractivity contribution in [2.75, 3.05) is 0 Å². The van der Waals surface area contributed by atoms with Gasteiger partial charge in [-0.05, 0) is 35.4 Å². The first kappa shape index (κ1) is 21.7. The molecule has 0 N–H and O–H groups in total. The van der Waals surface area contributed by atoms with Gasteiger partial charge in [-0.25, -0.2) is 4.79 Å². The minimum absolute atomic E-state index is 0.239. The molecule has 26 heavy (non-hydrogen) atoms. The Balaban J connectivity index is 1.90. The molecular formula is C17H12Cl6O3. The summed E-state index contributed by atoms with van der Waals surface area (Å²) >= 11 is 34.4. The van der Waals surface area contributed by atoms with Gasteiger partial charge in [-0.1, -0.05) is 93.9 Å². The minimum atomic E-state index is -1.39. The van der Waals surface area contributed by atoms with Gasteiger partial charge in [0.05, 0.1) is 0 Å². The Morgan fingerprint density at radius 1 is 0.654 bits per heavy atom. The van der Waals surface area contributed by atoms with Gasteiger partial charge in [-0.2, -0.15) is 0 Å². The number of rotatable bonds is 4. The number of hydrogen-bond acceptors (Lipinski definition) is 3. The highest BCUT2D eigenvalue weighted by Gasteiger charge is 2.21. The lowest BCUT2D eigenvalue weighted by molar-refractivity contribution is 0.152. The number of hydrogen-bond donors (Lipinski definition) is 0. The molecule has 0 atom stereocenters. The lowest BCUT2D eigenvalue weighted by atomic mass is 10.2. The maximum Gasteiger partial charge on any atom is 0.519 e. The monoisotopic (exact) mass is 474 g/mol. The molecule has 0 fully saturated rings. The molecule has 0 saturated carbocycles. The number of carbonyl (C=O) groups is 1. The zero-order valence-corrected chi connectivity index (χ0v) is 17.6. The Morgan fingerprint density at radius 2 is 0.962 bits per heavy atom. The molecule has 0 aliphatic heterocycles. The van der Waals surface area contributed by atoms with Crippen molar-refractivity contribution in [2.45, 2.75) is 20.4 Å². The summed E-state index contributed by atoms with van der Waals surface area (Å²) in [4.78, 5) is 11.8. The lowest BCUT2D eigenvalue weighted by Crippen LogP contribution is -2.14. The van der Waals surface area contributed by atoms with E-state index in [1.807, 2.05) is 0 Å². The molecule has 0 saturated heterocycles. The molecule has 2 aromatic carbocycles. The Bertz CT molecular complexity index is 670. The third-order valence-corrected chi connectivity index (χ3v) is 3.86. The van der Waals surface area contributed by atoms with Crippen LogP contribution in [-0.2, 0) is 12.8 Å². The second-order valence-corrected chi connectivity index (χ2v) is 10.4. The van der Waals surface area contributed by atoms with E-state index in [1.54, 1.807) is 48.5 Å². The van der Waals surface area contributed by atoms with E-state index in [1.165, 1.54) is 0 Å². The molecule has 0 heterocycles. The standard InChI is InChI=1S/C17H12Cl6O3/c18-16(19,20)9-11-1-5-13(6-2-11)25-15(24)26-14-7-3-12(4-8-14)10-17(21,22)23/h1-8H,9-10H2. The van der Waals surface area contributed by atoms with Gasteiger partial charge in [0.1, 0.15) is 11.5 Å². The van der Waals surface area contributed by atoms with Crippen molar-refractivity contribution in [3.63, 3.8) is 0 Å². The van der Waals surface area contributed by atoms with E-state index in [4.69, 9.17) is 79.1 Å². The van der Waals surface area contributed by atoms with Gasteiger partial charge < -0.3 is 9.47 Å². The second kappa shape index (κ2) is 9.09. The van der Waals surface area contributed by atoms with Gasteiger partial charge in [0.25, 0.3) is 0 Å². The molecule has 0 bridgehead atoms. The van der Waals surface area contributed by atoms with E-state index in [0.29, 0.717) is 11.5 Å². The molecule has 0 amide bonds. The first-order valence-corrected chi connectivity index (χ1v) is 9.48. The molecule has 2 aromatic rings. The number of ether oxygens (including phenoxy) is 2. The second-order valence-electron chi connectivity index (χ2n) is 5.33. The summed E-state index contributed by atoms with van der Waals surface area (Å²) in [5.74, 6) is 0.604. The summed E-state index contributed by atoms with van der Waals surface area (Å²) in [5, 5.41) is 0. The number of halogens is 6. The maximum absolute atomic E-state index is 11.8. The Kier molecular flexibility index (Phi) is 7.61. The SMILES string of the molecule is O=C(Oc1ccc(CC(Cl)(Cl)Cl)cc1)Oc1ccc(CC(Cl)(Cl)Cl)cc1. The largest absolute Gasteiger partial charge is 0.519 e. The minimum Gasteiger partial charge on any atom is -0.395 e. The molecule has 0 aromatic heterocycles. The molecule has 0 radical (unpaired) electrons.